The van der Waals surface area contributed by atoms with E-state index in [0.717, 1.165) is 18.2 Å². The standard InChI is InChI=1S/C8H10AsNO5.C7H15NO3/c1-5(11)10-7-4-6(9(13,14)15)2-3-8(7)12;1-8(2,3)5-6(9)4-7(10)11/h2-4,12H,1H3,(H,10,11)(H2,13,14,15);6,9H,4-5H2,1-3H3/p+1/t;6-/m.1/s1. The first kappa shape index (κ1) is 24.2. The molecule has 1 atom stereocenters. The van der Waals surface area contributed by atoms with Gasteiger partial charge in [0.2, 0.25) is 0 Å². The summed E-state index contributed by atoms with van der Waals surface area (Å²) in [7, 11) is 5.72. The molecular formula is C15H26AsN2O8+. The van der Waals surface area contributed by atoms with Gasteiger partial charge in [0, 0.05) is 0 Å². The van der Waals surface area contributed by atoms with E-state index in [1.807, 2.05) is 21.1 Å². The van der Waals surface area contributed by atoms with Gasteiger partial charge in [-0.2, -0.15) is 0 Å². The first-order valence-corrected chi connectivity index (χ1v) is 10.9. The summed E-state index contributed by atoms with van der Waals surface area (Å²) in [6.07, 6.45) is -0.914. The molecule has 1 rings (SSSR count). The molecule has 0 bridgehead atoms. The summed E-state index contributed by atoms with van der Waals surface area (Å²) in [5, 5.41) is 29.0. The van der Waals surface area contributed by atoms with E-state index in [2.05, 4.69) is 5.32 Å². The van der Waals surface area contributed by atoms with Crippen LogP contribution >= 0.6 is 0 Å². The Hall–Kier alpha value is -1.84. The average Bonchev–Trinajstić information content (AvgIpc) is 2.36. The number of nitrogens with zero attached hydrogens (tertiary/aromatic N) is 1. The summed E-state index contributed by atoms with van der Waals surface area (Å²) in [5.41, 5.74) is -0.00951. The number of carboxylic acids is 1. The van der Waals surface area contributed by atoms with Gasteiger partial charge in [0.15, 0.2) is 0 Å². The van der Waals surface area contributed by atoms with E-state index in [1.165, 1.54) is 6.92 Å². The second-order valence-electron chi connectivity index (χ2n) is 6.65. The number of hydrogen-bond acceptors (Lipinski definition) is 5. The SMILES string of the molecule is CC(=O)Nc1cc([As](=O)(O)O)ccc1O.C[N+](C)(C)C[C@H](O)CC(=O)O. The van der Waals surface area contributed by atoms with Crippen LogP contribution in [0, 0.1) is 0 Å². The topological polar surface area (TPSA) is 164 Å². The van der Waals surface area contributed by atoms with Crippen LogP contribution in [0.1, 0.15) is 13.3 Å². The van der Waals surface area contributed by atoms with Gasteiger partial charge in [-0.3, -0.25) is 4.79 Å². The number of aliphatic hydroxyl groups excluding tert-OH is 1. The van der Waals surface area contributed by atoms with Gasteiger partial charge in [0.25, 0.3) is 0 Å². The van der Waals surface area contributed by atoms with Gasteiger partial charge >= 0.3 is 94.1 Å². The maximum atomic E-state index is 10.9. The number of carbonyl (C=O) groups excluding carboxylic acids is 1. The van der Waals surface area contributed by atoms with Crippen molar-refractivity contribution in [3.8, 4) is 5.75 Å². The molecule has 0 unspecified atom stereocenters. The summed E-state index contributed by atoms with van der Waals surface area (Å²) in [4.78, 5) is 20.8. The molecule has 10 nitrogen and oxygen atoms in total. The summed E-state index contributed by atoms with van der Waals surface area (Å²) >= 11 is -4.98. The third-order valence-corrected chi connectivity index (χ3v) is 4.79. The Kier molecular flexibility index (Phi) is 9.05. The zero-order valence-corrected chi connectivity index (χ0v) is 17.0. The number of aliphatic carboxylic acids is 1. The number of likely N-dealkylation sites (N-methyl/N-ethyl adjacent to an activating group) is 1. The molecule has 0 saturated carbocycles. The molecule has 1 aromatic rings. The normalized spacial score (nSPS) is 12.6. The number of aromatic hydroxyl groups is 1. The van der Waals surface area contributed by atoms with Crippen molar-refractivity contribution >= 4 is 36.1 Å². The number of carboxylic acid groups (broad SMARTS) is 1. The quantitative estimate of drug-likeness (QED) is 0.177. The molecule has 26 heavy (non-hydrogen) atoms. The Morgan fingerprint density at radius 1 is 1.23 bits per heavy atom. The summed E-state index contributed by atoms with van der Waals surface area (Å²) < 4.78 is 29.2. The Bertz CT molecular complexity index is 681. The van der Waals surface area contributed by atoms with Crippen LogP contribution in [-0.4, -0.2) is 87.8 Å². The zero-order chi connectivity index (χ0) is 20.7. The van der Waals surface area contributed by atoms with E-state index in [4.69, 9.17) is 18.4 Å². The first-order valence-electron chi connectivity index (χ1n) is 7.49. The molecule has 1 aromatic carbocycles. The molecule has 0 spiro atoms. The molecule has 0 aliphatic heterocycles. The number of carbonyl (C=O) groups is 2. The van der Waals surface area contributed by atoms with E-state index >= 15 is 0 Å². The van der Waals surface area contributed by atoms with Crippen LogP contribution in [0.2, 0.25) is 0 Å². The molecule has 0 saturated heterocycles. The molecule has 0 aliphatic carbocycles. The van der Waals surface area contributed by atoms with E-state index in [-0.39, 0.29) is 22.2 Å². The summed E-state index contributed by atoms with van der Waals surface area (Å²) in [5.74, 6) is -1.62. The molecule has 0 radical (unpaired) electrons. The predicted octanol–water partition coefficient (Wildman–Crippen LogP) is -1.56. The van der Waals surface area contributed by atoms with Gasteiger partial charge in [-0.25, -0.2) is 0 Å². The number of nitrogens with one attached hydrogen (secondary N) is 1. The van der Waals surface area contributed by atoms with Gasteiger partial charge in [-0.15, -0.1) is 0 Å². The fourth-order valence-electron chi connectivity index (χ4n) is 1.89. The van der Waals surface area contributed by atoms with Crippen molar-refractivity contribution in [3.05, 3.63) is 18.2 Å². The monoisotopic (exact) mass is 437 g/mol. The molecule has 0 aromatic heterocycles. The maximum absolute atomic E-state index is 10.9. The predicted molar refractivity (Wildman–Crippen MR) is 94.1 cm³/mol. The Balaban J connectivity index is 0.000000508. The Morgan fingerprint density at radius 3 is 2.15 bits per heavy atom. The van der Waals surface area contributed by atoms with Crippen molar-refractivity contribution in [1.82, 2.24) is 0 Å². The van der Waals surface area contributed by atoms with Crippen LogP contribution in [0.15, 0.2) is 18.2 Å². The first-order chi connectivity index (χ1) is 11.6. The minimum atomic E-state index is -4.98. The van der Waals surface area contributed by atoms with Gasteiger partial charge in [-0.1, -0.05) is 0 Å². The molecule has 0 heterocycles. The molecule has 0 fully saturated rings. The van der Waals surface area contributed by atoms with Crippen LogP contribution in [-0.2, 0) is 13.3 Å². The van der Waals surface area contributed by atoms with Crippen molar-refractivity contribution in [2.45, 2.75) is 19.4 Å². The molecular weight excluding hydrogens is 411 g/mol. The van der Waals surface area contributed by atoms with Crippen LogP contribution in [0.3, 0.4) is 0 Å². The molecule has 148 valence electrons. The van der Waals surface area contributed by atoms with E-state index < -0.39 is 32.2 Å². The van der Waals surface area contributed by atoms with Crippen molar-refractivity contribution in [2.24, 2.45) is 0 Å². The number of hydrogen-bond donors (Lipinski definition) is 6. The third kappa shape index (κ3) is 10.9. The number of quaternary nitrogens is 1. The average molecular weight is 437 g/mol. The van der Waals surface area contributed by atoms with E-state index in [0.29, 0.717) is 11.0 Å². The fourth-order valence-corrected chi connectivity index (χ4v) is 3.08. The van der Waals surface area contributed by atoms with Crippen molar-refractivity contribution < 1.29 is 41.3 Å². The number of amides is 1. The zero-order valence-electron chi connectivity index (χ0n) is 15.1. The molecule has 0 aliphatic rings. The largest absolute Gasteiger partial charge is 0.481 e. The number of anilines is 1. The molecule has 11 heteroatoms. The van der Waals surface area contributed by atoms with Gasteiger partial charge < -0.3 is 14.7 Å². The van der Waals surface area contributed by atoms with Crippen LogP contribution in [0.5, 0.6) is 5.75 Å². The van der Waals surface area contributed by atoms with Crippen molar-refractivity contribution in [1.29, 1.82) is 0 Å². The van der Waals surface area contributed by atoms with Gasteiger partial charge in [0.05, 0.1) is 27.6 Å². The minimum absolute atomic E-state index is 0.00951. The number of phenolic OH excluding ortho intramolecular Hbond substituents is 1. The number of aliphatic hydroxyl groups is 1. The number of rotatable bonds is 6. The summed E-state index contributed by atoms with van der Waals surface area (Å²) in [6.45, 7) is 1.70. The fraction of sp³-hybridized carbons (Fsp3) is 0.467. The second kappa shape index (κ2) is 9.75. The smallest absolute Gasteiger partial charge is 0.306 e. The Labute approximate surface area is 154 Å². The molecule has 6 N–H and O–H groups in total. The second-order valence-corrected chi connectivity index (χ2v) is 10.0. The van der Waals surface area contributed by atoms with Crippen LogP contribution < -0.4 is 9.67 Å². The van der Waals surface area contributed by atoms with Crippen LogP contribution in [0.25, 0.3) is 0 Å². The van der Waals surface area contributed by atoms with E-state index in [1.54, 1.807) is 0 Å². The number of phenols is 1. The number of benzene rings is 1. The van der Waals surface area contributed by atoms with E-state index in [9.17, 15) is 18.4 Å². The van der Waals surface area contributed by atoms with Gasteiger partial charge in [0.1, 0.15) is 12.6 Å². The third-order valence-electron chi connectivity index (χ3n) is 2.80. The van der Waals surface area contributed by atoms with Crippen LogP contribution in [0.4, 0.5) is 5.69 Å². The van der Waals surface area contributed by atoms with Crippen molar-refractivity contribution in [3.63, 3.8) is 0 Å². The Morgan fingerprint density at radius 2 is 1.77 bits per heavy atom. The minimum Gasteiger partial charge on any atom is -0.481 e. The van der Waals surface area contributed by atoms with Crippen molar-refractivity contribution in [2.75, 3.05) is 33.0 Å². The maximum Gasteiger partial charge on any atom is 0.306 e. The molecule has 1 amide bonds. The summed E-state index contributed by atoms with van der Waals surface area (Å²) in [6, 6.07) is 3.32. The van der Waals surface area contributed by atoms with Gasteiger partial charge in [-0.05, 0) is 0 Å².